The van der Waals surface area contributed by atoms with E-state index in [2.05, 4.69) is 47.8 Å². The molecule has 1 aliphatic rings. The number of pyridine rings is 1. The third-order valence-corrected chi connectivity index (χ3v) is 4.36. The quantitative estimate of drug-likeness (QED) is 0.933. The predicted octanol–water partition coefficient (Wildman–Crippen LogP) is 3.61. The molecule has 128 valence electrons. The van der Waals surface area contributed by atoms with Crippen molar-refractivity contribution in [2.75, 3.05) is 18.8 Å². The van der Waals surface area contributed by atoms with Gasteiger partial charge in [0.1, 0.15) is 0 Å². The Morgan fingerprint density at radius 1 is 1.17 bits per heavy atom. The van der Waals surface area contributed by atoms with Gasteiger partial charge in [-0.3, -0.25) is 9.88 Å². The Kier molecular flexibility index (Phi) is 4.54. The number of rotatable bonds is 3. The molecule has 0 radical (unpaired) electrons. The zero-order valence-electron chi connectivity index (χ0n) is 15.1. The number of nitrogen functional groups attached to an aromatic ring is 1. The molecule has 3 heterocycles. The minimum Gasteiger partial charge on any atom is -0.368 e. The fourth-order valence-corrected chi connectivity index (χ4v) is 3.48. The van der Waals surface area contributed by atoms with Crippen molar-refractivity contribution in [3.05, 3.63) is 35.9 Å². The van der Waals surface area contributed by atoms with Gasteiger partial charge >= 0.3 is 0 Å². The summed E-state index contributed by atoms with van der Waals surface area (Å²) in [4.78, 5) is 15.6. The van der Waals surface area contributed by atoms with Gasteiger partial charge in [0.15, 0.2) is 0 Å². The van der Waals surface area contributed by atoms with Crippen LogP contribution in [0.15, 0.2) is 24.5 Å². The van der Waals surface area contributed by atoms with E-state index in [0.29, 0.717) is 17.4 Å². The minimum absolute atomic E-state index is 0.292. The van der Waals surface area contributed by atoms with Crippen molar-refractivity contribution in [1.29, 1.82) is 0 Å². The lowest BCUT2D eigenvalue weighted by Crippen LogP contribution is -2.32. The minimum atomic E-state index is 0.292. The van der Waals surface area contributed by atoms with E-state index in [9.17, 15) is 0 Å². The van der Waals surface area contributed by atoms with E-state index in [4.69, 9.17) is 10.7 Å². The molecule has 1 saturated heterocycles. The van der Waals surface area contributed by atoms with Crippen LogP contribution in [0.4, 0.5) is 5.95 Å². The maximum atomic E-state index is 5.60. The van der Waals surface area contributed by atoms with Crippen LogP contribution in [-0.4, -0.2) is 32.9 Å². The summed E-state index contributed by atoms with van der Waals surface area (Å²) in [5, 5.41) is 0. The van der Waals surface area contributed by atoms with Crippen LogP contribution in [0.25, 0.3) is 11.1 Å². The highest BCUT2D eigenvalue weighted by Gasteiger charge is 2.30. The van der Waals surface area contributed by atoms with Crippen molar-refractivity contribution < 1.29 is 0 Å². The summed E-state index contributed by atoms with van der Waals surface area (Å²) in [6.45, 7) is 11.2. The second-order valence-electron chi connectivity index (χ2n) is 7.94. The SMILES string of the molecule is Cc1cc(-c2cnc(N)nc2)cc([C@@H]2CCCN2CC(C)(C)C)n1. The maximum Gasteiger partial charge on any atom is 0.219 e. The summed E-state index contributed by atoms with van der Waals surface area (Å²) >= 11 is 0. The predicted molar refractivity (Wildman–Crippen MR) is 97.4 cm³/mol. The monoisotopic (exact) mass is 325 g/mol. The molecule has 0 spiro atoms. The normalized spacial score (nSPS) is 18.9. The van der Waals surface area contributed by atoms with Crippen LogP contribution < -0.4 is 5.73 Å². The molecule has 0 saturated carbocycles. The van der Waals surface area contributed by atoms with Crippen molar-refractivity contribution in [1.82, 2.24) is 19.9 Å². The second kappa shape index (κ2) is 6.48. The summed E-state index contributed by atoms with van der Waals surface area (Å²) < 4.78 is 0. The lowest BCUT2D eigenvalue weighted by Gasteiger charge is -2.31. The fraction of sp³-hybridized carbons (Fsp3) is 0.526. The van der Waals surface area contributed by atoms with Gasteiger partial charge in [-0.05, 0) is 49.4 Å². The number of hydrogen-bond donors (Lipinski definition) is 1. The number of anilines is 1. The second-order valence-corrected chi connectivity index (χ2v) is 7.94. The molecule has 5 nitrogen and oxygen atoms in total. The van der Waals surface area contributed by atoms with E-state index in [0.717, 1.165) is 35.6 Å². The Labute approximate surface area is 144 Å². The van der Waals surface area contributed by atoms with E-state index < -0.39 is 0 Å². The molecule has 0 unspecified atom stereocenters. The van der Waals surface area contributed by atoms with Gasteiger partial charge < -0.3 is 5.73 Å². The summed E-state index contributed by atoms with van der Waals surface area (Å²) in [5.41, 5.74) is 10.2. The van der Waals surface area contributed by atoms with E-state index in [1.165, 1.54) is 12.8 Å². The fourth-order valence-electron chi connectivity index (χ4n) is 3.48. The van der Waals surface area contributed by atoms with Crippen LogP contribution in [-0.2, 0) is 0 Å². The number of aryl methyl sites for hydroxylation is 1. The molecule has 0 aromatic carbocycles. The molecule has 0 bridgehead atoms. The van der Waals surface area contributed by atoms with Gasteiger partial charge in [-0.1, -0.05) is 20.8 Å². The van der Waals surface area contributed by atoms with E-state index in [1.54, 1.807) is 12.4 Å². The van der Waals surface area contributed by atoms with Gasteiger partial charge in [0.25, 0.3) is 0 Å². The Hall–Kier alpha value is -2.01. The van der Waals surface area contributed by atoms with Gasteiger partial charge in [-0.2, -0.15) is 0 Å². The van der Waals surface area contributed by atoms with Crippen LogP contribution in [0, 0.1) is 12.3 Å². The van der Waals surface area contributed by atoms with Gasteiger partial charge in [0.2, 0.25) is 5.95 Å². The standard InChI is InChI=1S/C19H27N5/c1-13-8-14(15-10-21-18(20)22-11-15)9-16(23-13)17-6-5-7-24(17)12-19(2,3)4/h8-11,17H,5-7,12H2,1-4H3,(H2,20,21,22)/t17-/m0/s1. The summed E-state index contributed by atoms with van der Waals surface area (Å²) in [7, 11) is 0. The number of aromatic nitrogens is 3. The molecule has 5 heteroatoms. The molecule has 1 atom stereocenters. The smallest absolute Gasteiger partial charge is 0.219 e. The van der Waals surface area contributed by atoms with Crippen LogP contribution in [0.3, 0.4) is 0 Å². The van der Waals surface area contributed by atoms with E-state index >= 15 is 0 Å². The van der Waals surface area contributed by atoms with Gasteiger partial charge in [-0.15, -0.1) is 0 Å². The first-order valence-corrected chi connectivity index (χ1v) is 8.62. The van der Waals surface area contributed by atoms with Crippen LogP contribution >= 0.6 is 0 Å². The molecule has 24 heavy (non-hydrogen) atoms. The molecular weight excluding hydrogens is 298 g/mol. The number of likely N-dealkylation sites (tertiary alicyclic amines) is 1. The van der Waals surface area contributed by atoms with Crippen molar-refractivity contribution >= 4 is 5.95 Å². The van der Waals surface area contributed by atoms with Gasteiger partial charge in [-0.25, -0.2) is 9.97 Å². The molecular formula is C19H27N5. The van der Waals surface area contributed by atoms with Crippen LogP contribution in [0.1, 0.15) is 51.0 Å². The summed E-state index contributed by atoms with van der Waals surface area (Å²) in [5.74, 6) is 0.303. The third kappa shape index (κ3) is 3.90. The van der Waals surface area contributed by atoms with Gasteiger partial charge in [0.05, 0.1) is 11.7 Å². The molecule has 2 aromatic heterocycles. The lowest BCUT2D eigenvalue weighted by molar-refractivity contribution is 0.176. The average molecular weight is 325 g/mol. The van der Waals surface area contributed by atoms with Gasteiger partial charge in [0, 0.05) is 30.2 Å². The Morgan fingerprint density at radius 2 is 1.88 bits per heavy atom. The van der Waals surface area contributed by atoms with E-state index in [1.807, 2.05) is 6.92 Å². The highest BCUT2D eigenvalue weighted by Crippen LogP contribution is 2.35. The maximum absolute atomic E-state index is 5.60. The molecule has 1 fully saturated rings. The number of nitrogens with two attached hydrogens (primary N) is 1. The molecule has 3 rings (SSSR count). The summed E-state index contributed by atoms with van der Waals surface area (Å²) in [6.07, 6.45) is 5.96. The lowest BCUT2D eigenvalue weighted by atomic mass is 9.95. The van der Waals surface area contributed by atoms with Crippen LogP contribution in [0.5, 0.6) is 0 Å². The molecule has 0 aliphatic carbocycles. The van der Waals surface area contributed by atoms with Crippen molar-refractivity contribution in [3.8, 4) is 11.1 Å². The molecule has 0 amide bonds. The zero-order valence-corrected chi connectivity index (χ0v) is 15.1. The molecule has 1 aliphatic heterocycles. The van der Waals surface area contributed by atoms with Crippen molar-refractivity contribution in [2.24, 2.45) is 5.41 Å². The van der Waals surface area contributed by atoms with E-state index in [-0.39, 0.29) is 0 Å². The Balaban J connectivity index is 1.92. The molecule has 2 aromatic rings. The Morgan fingerprint density at radius 3 is 2.54 bits per heavy atom. The largest absolute Gasteiger partial charge is 0.368 e. The summed E-state index contributed by atoms with van der Waals surface area (Å²) in [6, 6.07) is 4.67. The molecule has 2 N–H and O–H groups in total. The van der Waals surface area contributed by atoms with Crippen molar-refractivity contribution in [2.45, 2.75) is 46.6 Å². The highest BCUT2D eigenvalue weighted by atomic mass is 15.2. The zero-order chi connectivity index (χ0) is 17.3. The highest BCUT2D eigenvalue weighted by molar-refractivity contribution is 5.62. The number of hydrogen-bond acceptors (Lipinski definition) is 5. The van der Waals surface area contributed by atoms with Crippen molar-refractivity contribution in [3.63, 3.8) is 0 Å². The number of nitrogens with zero attached hydrogens (tertiary/aromatic N) is 4. The first-order chi connectivity index (χ1) is 11.3. The Bertz CT molecular complexity index is 703. The van der Waals surface area contributed by atoms with Crippen LogP contribution in [0.2, 0.25) is 0 Å². The topological polar surface area (TPSA) is 67.9 Å². The first-order valence-electron chi connectivity index (χ1n) is 8.62. The average Bonchev–Trinajstić information content (AvgIpc) is 2.93. The third-order valence-electron chi connectivity index (χ3n) is 4.36. The first kappa shape index (κ1) is 16.8.